The first-order valence-electron chi connectivity index (χ1n) is 5.06. The molecule has 1 saturated heterocycles. The van der Waals surface area contributed by atoms with Crippen molar-refractivity contribution in [3.63, 3.8) is 0 Å². The van der Waals surface area contributed by atoms with Crippen molar-refractivity contribution in [2.45, 2.75) is 51.4 Å². The average molecular weight is 187 g/mol. The average Bonchev–Trinajstić information content (AvgIpc) is 2.29. The summed E-state index contributed by atoms with van der Waals surface area (Å²) in [5, 5.41) is 12.2. The summed E-state index contributed by atoms with van der Waals surface area (Å²) in [5.41, 5.74) is 0.0528. The Labute approximate surface area is 80.5 Å². The van der Waals surface area contributed by atoms with Crippen molar-refractivity contribution in [1.82, 2.24) is 5.32 Å². The molecule has 1 aliphatic rings. The predicted octanol–water partition coefficient (Wildman–Crippen LogP) is 0.914. The maximum absolute atomic E-state index is 9.03. The molecule has 0 amide bonds. The van der Waals surface area contributed by atoms with E-state index in [4.69, 9.17) is 9.84 Å². The number of ether oxygens (including phenoxy) is 1. The van der Waals surface area contributed by atoms with Crippen LogP contribution in [0.1, 0.15) is 33.6 Å². The highest BCUT2D eigenvalue weighted by atomic mass is 16.5. The maximum atomic E-state index is 9.03. The third-order valence-corrected chi connectivity index (χ3v) is 2.37. The molecule has 0 radical (unpaired) electrons. The highest BCUT2D eigenvalue weighted by Crippen LogP contribution is 2.28. The van der Waals surface area contributed by atoms with E-state index in [1.54, 1.807) is 6.92 Å². The molecule has 2 unspecified atom stereocenters. The Bertz CT molecular complexity index is 157. The molecule has 3 nitrogen and oxygen atoms in total. The molecule has 1 fully saturated rings. The van der Waals surface area contributed by atoms with Gasteiger partial charge in [0.25, 0.3) is 0 Å². The van der Waals surface area contributed by atoms with Gasteiger partial charge >= 0.3 is 0 Å². The van der Waals surface area contributed by atoms with Gasteiger partial charge in [-0.05, 0) is 33.6 Å². The van der Waals surface area contributed by atoms with Crippen molar-refractivity contribution < 1.29 is 9.84 Å². The van der Waals surface area contributed by atoms with E-state index < -0.39 is 0 Å². The predicted molar refractivity (Wildman–Crippen MR) is 52.7 cm³/mol. The molecule has 13 heavy (non-hydrogen) atoms. The molecule has 0 bridgehead atoms. The molecule has 0 aromatic heterocycles. The topological polar surface area (TPSA) is 41.5 Å². The van der Waals surface area contributed by atoms with Crippen molar-refractivity contribution in [3.05, 3.63) is 0 Å². The first-order valence-corrected chi connectivity index (χ1v) is 5.06. The first-order chi connectivity index (χ1) is 5.99. The minimum absolute atomic E-state index is 0.0528. The number of hydrogen-bond acceptors (Lipinski definition) is 3. The van der Waals surface area contributed by atoms with E-state index in [2.05, 4.69) is 19.2 Å². The highest BCUT2D eigenvalue weighted by molar-refractivity contribution is 4.81. The summed E-state index contributed by atoms with van der Waals surface area (Å²) in [5.74, 6) is 0. The highest BCUT2D eigenvalue weighted by Gasteiger charge is 2.30. The zero-order chi connectivity index (χ0) is 9.90. The molecule has 0 saturated carbocycles. The van der Waals surface area contributed by atoms with Gasteiger partial charge in [0.15, 0.2) is 0 Å². The van der Waals surface area contributed by atoms with Gasteiger partial charge in [-0.25, -0.2) is 0 Å². The van der Waals surface area contributed by atoms with E-state index in [9.17, 15) is 0 Å². The second-order valence-electron chi connectivity index (χ2n) is 4.55. The smallest absolute Gasteiger partial charge is 0.0707 e. The van der Waals surface area contributed by atoms with Crippen molar-refractivity contribution in [3.8, 4) is 0 Å². The Hall–Kier alpha value is -0.120. The molecule has 0 aromatic rings. The molecule has 1 aliphatic heterocycles. The van der Waals surface area contributed by atoms with E-state index in [0.29, 0.717) is 12.6 Å². The van der Waals surface area contributed by atoms with Gasteiger partial charge in [0.05, 0.1) is 17.8 Å². The first kappa shape index (κ1) is 11.0. The van der Waals surface area contributed by atoms with Crippen LogP contribution in [0.25, 0.3) is 0 Å². The molecule has 0 aliphatic carbocycles. The van der Waals surface area contributed by atoms with E-state index in [0.717, 1.165) is 19.4 Å². The largest absolute Gasteiger partial charge is 0.392 e. The molecule has 1 heterocycles. The summed E-state index contributed by atoms with van der Waals surface area (Å²) in [6.07, 6.45) is 2.32. The molecule has 1 rings (SSSR count). The zero-order valence-corrected chi connectivity index (χ0v) is 8.84. The van der Waals surface area contributed by atoms with Gasteiger partial charge in [0, 0.05) is 13.1 Å². The van der Waals surface area contributed by atoms with Crippen LogP contribution in [0.5, 0.6) is 0 Å². The standard InChI is InChI=1S/C10H21NO2/c1-8(12)6-11-7-9-4-5-10(2,3)13-9/h8-9,11-12H,4-7H2,1-3H3. The molecule has 0 aromatic carbocycles. The fourth-order valence-electron chi connectivity index (χ4n) is 1.67. The lowest BCUT2D eigenvalue weighted by Gasteiger charge is -2.19. The van der Waals surface area contributed by atoms with Crippen LogP contribution in [0.2, 0.25) is 0 Å². The summed E-state index contributed by atoms with van der Waals surface area (Å²) >= 11 is 0. The quantitative estimate of drug-likeness (QED) is 0.687. The van der Waals surface area contributed by atoms with Crippen LogP contribution >= 0.6 is 0 Å². The minimum Gasteiger partial charge on any atom is -0.392 e. The van der Waals surface area contributed by atoms with E-state index in [-0.39, 0.29) is 11.7 Å². The van der Waals surface area contributed by atoms with Crippen molar-refractivity contribution in [2.75, 3.05) is 13.1 Å². The van der Waals surface area contributed by atoms with E-state index in [1.165, 1.54) is 0 Å². The Kier molecular flexibility index (Phi) is 3.71. The lowest BCUT2D eigenvalue weighted by molar-refractivity contribution is -0.0148. The van der Waals surface area contributed by atoms with Crippen molar-refractivity contribution >= 4 is 0 Å². The van der Waals surface area contributed by atoms with Crippen molar-refractivity contribution in [2.24, 2.45) is 0 Å². The van der Waals surface area contributed by atoms with Gasteiger partial charge in [-0.3, -0.25) is 0 Å². The van der Waals surface area contributed by atoms with Gasteiger partial charge in [-0.15, -0.1) is 0 Å². The van der Waals surface area contributed by atoms with Gasteiger partial charge in [0.1, 0.15) is 0 Å². The van der Waals surface area contributed by atoms with Crippen molar-refractivity contribution in [1.29, 1.82) is 0 Å². The van der Waals surface area contributed by atoms with Gasteiger partial charge in [0.2, 0.25) is 0 Å². The molecule has 3 heteroatoms. The normalized spacial score (nSPS) is 29.1. The zero-order valence-electron chi connectivity index (χ0n) is 8.84. The van der Waals surface area contributed by atoms with Crippen LogP contribution in [-0.4, -0.2) is 36.0 Å². The second-order valence-corrected chi connectivity index (χ2v) is 4.55. The molecular formula is C10H21NO2. The van der Waals surface area contributed by atoms with Crippen LogP contribution in [0.4, 0.5) is 0 Å². The van der Waals surface area contributed by atoms with Crippen LogP contribution in [0.15, 0.2) is 0 Å². The summed E-state index contributed by atoms with van der Waals surface area (Å²) in [4.78, 5) is 0. The lowest BCUT2D eigenvalue weighted by atomic mass is 10.1. The summed E-state index contributed by atoms with van der Waals surface area (Å²) < 4.78 is 5.79. The molecule has 2 N–H and O–H groups in total. The molecule has 0 spiro atoms. The monoisotopic (exact) mass is 187 g/mol. The fourth-order valence-corrected chi connectivity index (χ4v) is 1.67. The van der Waals surface area contributed by atoms with Crippen LogP contribution in [0, 0.1) is 0 Å². The Morgan fingerprint density at radius 2 is 2.31 bits per heavy atom. The third kappa shape index (κ3) is 4.07. The van der Waals surface area contributed by atoms with E-state index in [1.807, 2.05) is 0 Å². The molecule has 2 atom stereocenters. The number of nitrogens with one attached hydrogen (secondary N) is 1. The maximum Gasteiger partial charge on any atom is 0.0707 e. The SMILES string of the molecule is CC(O)CNCC1CCC(C)(C)O1. The summed E-state index contributed by atoms with van der Waals surface area (Å²) in [6.45, 7) is 7.55. The number of aliphatic hydroxyl groups is 1. The second kappa shape index (κ2) is 4.40. The third-order valence-electron chi connectivity index (χ3n) is 2.37. The number of aliphatic hydroxyl groups excluding tert-OH is 1. The summed E-state index contributed by atoms with van der Waals surface area (Å²) in [7, 11) is 0. The summed E-state index contributed by atoms with van der Waals surface area (Å²) in [6, 6.07) is 0. The molecular weight excluding hydrogens is 166 g/mol. The van der Waals surface area contributed by atoms with Crippen LogP contribution in [0.3, 0.4) is 0 Å². The van der Waals surface area contributed by atoms with Gasteiger partial charge in [-0.2, -0.15) is 0 Å². The molecule has 78 valence electrons. The minimum atomic E-state index is -0.269. The Morgan fingerprint density at radius 1 is 1.62 bits per heavy atom. The fraction of sp³-hybridized carbons (Fsp3) is 1.00. The Balaban J connectivity index is 2.11. The number of hydrogen-bond donors (Lipinski definition) is 2. The lowest BCUT2D eigenvalue weighted by Crippen LogP contribution is -2.33. The Morgan fingerprint density at radius 3 is 2.77 bits per heavy atom. The van der Waals surface area contributed by atoms with Crippen LogP contribution in [-0.2, 0) is 4.74 Å². The van der Waals surface area contributed by atoms with Gasteiger partial charge in [-0.1, -0.05) is 0 Å². The van der Waals surface area contributed by atoms with Gasteiger partial charge < -0.3 is 15.2 Å². The van der Waals surface area contributed by atoms with E-state index >= 15 is 0 Å². The number of rotatable bonds is 4. The van der Waals surface area contributed by atoms with Crippen LogP contribution < -0.4 is 5.32 Å².